The van der Waals surface area contributed by atoms with Crippen molar-refractivity contribution in [3.63, 3.8) is 0 Å². The molecular formula is C19H19F3N4O2. The minimum absolute atomic E-state index is 0.0134. The number of ether oxygens (including phenoxy) is 2. The van der Waals surface area contributed by atoms with E-state index in [9.17, 15) is 13.2 Å². The first-order valence-corrected chi connectivity index (χ1v) is 8.98. The van der Waals surface area contributed by atoms with E-state index in [-0.39, 0.29) is 40.9 Å². The van der Waals surface area contributed by atoms with Gasteiger partial charge in [0.1, 0.15) is 29.9 Å². The lowest BCUT2D eigenvalue weighted by Crippen LogP contribution is -2.19. The maximum atomic E-state index is 14.9. The Hall–Kier alpha value is -2.84. The summed E-state index contributed by atoms with van der Waals surface area (Å²) in [4.78, 5) is 8.31. The normalized spacial score (nSPS) is 19.8. The second kappa shape index (κ2) is 7.29. The summed E-state index contributed by atoms with van der Waals surface area (Å²) in [7, 11) is 2.69. The van der Waals surface area contributed by atoms with E-state index >= 15 is 0 Å². The topological polar surface area (TPSA) is 61.5 Å². The molecule has 0 amide bonds. The summed E-state index contributed by atoms with van der Waals surface area (Å²) in [6.07, 6.45) is 2.34. The number of methoxy groups -OCH3 is 2. The molecule has 1 aliphatic carbocycles. The van der Waals surface area contributed by atoms with Gasteiger partial charge in [0.05, 0.1) is 31.0 Å². The summed E-state index contributed by atoms with van der Waals surface area (Å²) in [5.41, 5.74) is 0.264. The fourth-order valence-corrected chi connectivity index (χ4v) is 3.89. The van der Waals surface area contributed by atoms with Crippen LogP contribution in [0.2, 0.25) is 0 Å². The molecule has 2 heterocycles. The van der Waals surface area contributed by atoms with Gasteiger partial charge in [-0.15, -0.1) is 0 Å². The van der Waals surface area contributed by atoms with Gasteiger partial charge in [0.15, 0.2) is 0 Å². The zero-order valence-corrected chi connectivity index (χ0v) is 15.5. The molecule has 1 aromatic carbocycles. The van der Waals surface area contributed by atoms with Crippen LogP contribution in [0.4, 0.5) is 13.2 Å². The van der Waals surface area contributed by atoms with Gasteiger partial charge in [0, 0.05) is 18.1 Å². The number of benzene rings is 1. The van der Waals surface area contributed by atoms with Crippen LogP contribution in [0.15, 0.2) is 18.5 Å². The second-order valence-electron chi connectivity index (χ2n) is 6.78. The number of fused-ring (bicyclic) bond motifs is 1. The Morgan fingerprint density at radius 3 is 2.46 bits per heavy atom. The summed E-state index contributed by atoms with van der Waals surface area (Å²) in [6.45, 7) is 0. The molecule has 2 atom stereocenters. The van der Waals surface area contributed by atoms with Crippen molar-refractivity contribution in [3.05, 3.63) is 35.8 Å². The van der Waals surface area contributed by atoms with Gasteiger partial charge in [-0.05, 0) is 25.7 Å². The van der Waals surface area contributed by atoms with E-state index in [1.54, 1.807) is 0 Å². The number of rotatable bonds is 4. The predicted molar refractivity (Wildman–Crippen MR) is 95.3 cm³/mol. The van der Waals surface area contributed by atoms with Crippen LogP contribution in [0.3, 0.4) is 0 Å². The lowest BCUT2D eigenvalue weighted by atomic mass is 9.83. The van der Waals surface area contributed by atoms with Gasteiger partial charge in [-0.2, -0.15) is 15.1 Å². The van der Waals surface area contributed by atoms with Gasteiger partial charge in [-0.3, -0.25) is 0 Å². The summed E-state index contributed by atoms with van der Waals surface area (Å²) < 4.78 is 55.7. The van der Waals surface area contributed by atoms with Crippen molar-refractivity contribution in [2.75, 3.05) is 14.2 Å². The van der Waals surface area contributed by atoms with Gasteiger partial charge in [-0.25, -0.2) is 17.7 Å². The van der Waals surface area contributed by atoms with Crippen molar-refractivity contribution >= 4 is 5.78 Å². The molecule has 0 unspecified atom stereocenters. The van der Waals surface area contributed by atoms with Crippen molar-refractivity contribution in [1.82, 2.24) is 19.6 Å². The first-order chi connectivity index (χ1) is 13.5. The van der Waals surface area contributed by atoms with E-state index in [0.29, 0.717) is 25.0 Å². The molecule has 28 heavy (non-hydrogen) atoms. The van der Waals surface area contributed by atoms with Crippen molar-refractivity contribution in [3.8, 4) is 22.8 Å². The first kappa shape index (κ1) is 18.5. The van der Waals surface area contributed by atoms with E-state index in [1.165, 1.54) is 25.1 Å². The highest BCUT2D eigenvalue weighted by molar-refractivity contribution is 5.75. The number of nitrogens with zero attached hydrogens (tertiary/aromatic N) is 4. The number of hydrogen-bond acceptors (Lipinski definition) is 5. The molecule has 0 spiro atoms. The van der Waals surface area contributed by atoms with E-state index in [2.05, 4.69) is 15.1 Å². The Labute approximate surface area is 159 Å². The number of alkyl halides is 1. The van der Waals surface area contributed by atoms with Crippen LogP contribution in [0, 0.1) is 11.6 Å². The first-order valence-electron chi connectivity index (χ1n) is 8.98. The zero-order chi connectivity index (χ0) is 19.8. The van der Waals surface area contributed by atoms with E-state index in [0.717, 1.165) is 12.1 Å². The minimum atomic E-state index is -0.991. The third-order valence-corrected chi connectivity index (χ3v) is 5.12. The van der Waals surface area contributed by atoms with Crippen molar-refractivity contribution in [2.24, 2.45) is 0 Å². The molecule has 148 valence electrons. The summed E-state index contributed by atoms with van der Waals surface area (Å²) >= 11 is 0. The third kappa shape index (κ3) is 3.04. The molecule has 1 aliphatic rings. The van der Waals surface area contributed by atoms with Gasteiger partial charge >= 0.3 is 0 Å². The van der Waals surface area contributed by atoms with Crippen LogP contribution < -0.4 is 9.47 Å². The van der Waals surface area contributed by atoms with Crippen LogP contribution in [0.1, 0.15) is 37.3 Å². The minimum Gasteiger partial charge on any atom is -0.497 e. The Kier molecular flexibility index (Phi) is 4.82. The van der Waals surface area contributed by atoms with Crippen LogP contribution in [-0.4, -0.2) is 40.0 Å². The Bertz CT molecular complexity index is 1000. The SMILES string of the molecule is COc1cc(F)c(-c2c(OC)nc3ncnn3c2[C@@H]2CCC[C@H](F)C2)c(F)c1. The average molecular weight is 392 g/mol. The fraction of sp³-hybridized carbons (Fsp3) is 0.421. The summed E-state index contributed by atoms with van der Waals surface area (Å²) in [6, 6.07) is 2.18. The van der Waals surface area contributed by atoms with Crippen molar-refractivity contribution < 1.29 is 22.6 Å². The molecule has 0 aliphatic heterocycles. The third-order valence-electron chi connectivity index (χ3n) is 5.12. The summed E-state index contributed by atoms with van der Waals surface area (Å²) in [5.74, 6) is -1.67. The van der Waals surface area contributed by atoms with Crippen molar-refractivity contribution in [1.29, 1.82) is 0 Å². The molecule has 4 rings (SSSR count). The monoisotopic (exact) mass is 392 g/mol. The predicted octanol–water partition coefficient (Wildman–Crippen LogP) is 4.08. The van der Waals surface area contributed by atoms with E-state index in [4.69, 9.17) is 9.47 Å². The van der Waals surface area contributed by atoms with Gasteiger partial charge in [0.25, 0.3) is 5.78 Å². The Morgan fingerprint density at radius 2 is 1.82 bits per heavy atom. The van der Waals surface area contributed by atoms with E-state index in [1.807, 2.05) is 0 Å². The standard InChI is InChI=1S/C19H19F3N4O2/c1-27-12-7-13(21)15(14(22)8-12)16-17(10-4-3-5-11(20)6-10)26-19(23-9-24-26)25-18(16)28-2/h7-11H,3-6H2,1-2H3/t10-,11+/m1/s1. The molecular weight excluding hydrogens is 373 g/mol. The maximum absolute atomic E-state index is 14.9. The van der Waals surface area contributed by atoms with Crippen molar-refractivity contribution in [2.45, 2.75) is 37.8 Å². The molecule has 2 aromatic heterocycles. The maximum Gasteiger partial charge on any atom is 0.255 e. The Morgan fingerprint density at radius 1 is 1.07 bits per heavy atom. The lowest BCUT2D eigenvalue weighted by Gasteiger charge is -2.27. The summed E-state index contributed by atoms with van der Waals surface area (Å²) in [5, 5.41) is 4.17. The number of aromatic nitrogens is 4. The second-order valence-corrected chi connectivity index (χ2v) is 6.78. The number of hydrogen-bond donors (Lipinski definition) is 0. The fourth-order valence-electron chi connectivity index (χ4n) is 3.89. The van der Waals surface area contributed by atoms with Gasteiger partial charge in [-0.1, -0.05) is 0 Å². The van der Waals surface area contributed by atoms with Gasteiger partial charge in [0.2, 0.25) is 5.88 Å². The molecule has 0 N–H and O–H groups in total. The van der Waals surface area contributed by atoms with Crippen LogP contribution in [-0.2, 0) is 0 Å². The lowest BCUT2D eigenvalue weighted by molar-refractivity contribution is 0.228. The Balaban J connectivity index is 2.03. The zero-order valence-electron chi connectivity index (χ0n) is 15.5. The highest BCUT2D eigenvalue weighted by Crippen LogP contribution is 2.44. The quantitative estimate of drug-likeness (QED) is 0.670. The van der Waals surface area contributed by atoms with Gasteiger partial charge < -0.3 is 9.47 Å². The smallest absolute Gasteiger partial charge is 0.255 e. The van der Waals surface area contributed by atoms with Crippen LogP contribution in [0.25, 0.3) is 16.9 Å². The van der Waals surface area contributed by atoms with Crippen LogP contribution in [0.5, 0.6) is 11.6 Å². The number of halogens is 3. The molecule has 1 fully saturated rings. The molecule has 0 radical (unpaired) electrons. The molecule has 1 saturated carbocycles. The average Bonchev–Trinajstić information content (AvgIpc) is 3.14. The molecule has 0 saturated heterocycles. The molecule has 9 heteroatoms. The molecule has 0 bridgehead atoms. The van der Waals surface area contributed by atoms with Crippen LogP contribution >= 0.6 is 0 Å². The highest BCUT2D eigenvalue weighted by atomic mass is 19.1. The largest absolute Gasteiger partial charge is 0.497 e. The highest BCUT2D eigenvalue weighted by Gasteiger charge is 2.32. The molecule has 3 aromatic rings. The molecule has 6 nitrogen and oxygen atoms in total. The van der Waals surface area contributed by atoms with E-state index < -0.39 is 17.8 Å².